The number of ether oxygens (including phenoxy) is 1. The van der Waals surface area contributed by atoms with E-state index < -0.39 is 0 Å². The highest BCUT2D eigenvalue weighted by atomic mass is 16.5. The Labute approximate surface area is 147 Å². The number of likely N-dealkylation sites (tertiary alicyclic amines) is 1. The zero-order chi connectivity index (χ0) is 17.6. The minimum absolute atomic E-state index is 0.0361. The predicted octanol–water partition coefficient (Wildman–Crippen LogP) is 2.25. The number of amides is 1. The van der Waals surface area contributed by atoms with Crippen molar-refractivity contribution >= 4 is 5.91 Å². The molecule has 1 atom stereocenters. The van der Waals surface area contributed by atoms with Crippen molar-refractivity contribution in [1.82, 2.24) is 9.47 Å². The Bertz CT molecular complexity index is 770. The minimum atomic E-state index is -0.113. The summed E-state index contributed by atoms with van der Waals surface area (Å²) in [5, 5.41) is 0. The zero-order valence-corrected chi connectivity index (χ0v) is 14.6. The number of aryl methyl sites for hydroxylation is 2. The molecular formula is C20H24N2O3. The van der Waals surface area contributed by atoms with Crippen LogP contribution in [0, 0.1) is 0 Å². The molecule has 5 nitrogen and oxygen atoms in total. The zero-order valence-electron chi connectivity index (χ0n) is 14.6. The maximum absolute atomic E-state index is 12.5. The fraction of sp³-hybridized carbons (Fsp3) is 0.400. The molecule has 1 unspecified atom stereocenters. The van der Waals surface area contributed by atoms with E-state index in [0.717, 1.165) is 19.3 Å². The highest BCUT2D eigenvalue weighted by molar-refractivity contribution is 5.94. The molecule has 1 amide bonds. The predicted molar refractivity (Wildman–Crippen MR) is 96.7 cm³/mol. The second-order valence-electron chi connectivity index (χ2n) is 6.49. The third-order valence-corrected chi connectivity index (χ3v) is 4.57. The van der Waals surface area contributed by atoms with Crippen molar-refractivity contribution in [3.63, 3.8) is 0 Å². The lowest BCUT2D eigenvalue weighted by atomic mass is 10.1. The van der Waals surface area contributed by atoms with Gasteiger partial charge in [0.2, 0.25) is 5.56 Å². The van der Waals surface area contributed by atoms with Crippen LogP contribution in [0.5, 0.6) is 0 Å². The summed E-state index contributed by atoms with van der Waals surface area (Å²) < 4.78 is 7.37. The van der Waals surface area contributed by atoms with E-state index in [0.29, 0.717) is 25.3 Å². The molecule has 0 radical (unpaired) electrons. The van der Waals surface area contributed by atoms with E-state index in [1.54, 1.807) is 19.3 Å². The summed E-state index contributed by atoms with van der Waals surface area (Å²) in [7, 11) is 1.65. The Hall–Kier alpha value is -2.40. The molecule has 1 aromatic carbocycles. The normalized spacial score (nSPS) is 17.0. The molecule has 0 aliphatic carbocycles. The van der Waals surface area contributed by atoms with E-state index in [1.165, 1.54) is 16.2 Å². The highest BCUT2D eigenvalue weighted by Gasteiger charge is 2.27. The first kappa shape index (κ1) is 17.4. The minimum Gasteiger partial charge on any atom is -0.376 e. The Morgan fingerprint density at radius 1 is 1.20 bits per heavy atom. The van der Waals surface area contributed by atoms with E-state index >= 15 is 0 Å². The first-order valence-corrected chi connectivity index (χ1v) is 8.75. The number of hydrogen-bond donors (Lipinski definition) is 0. The lowest BCUT2D eigenvalue weighted by molar-refractivity contribution is 0.0524. The molecule has 1 aliphatic rings. The molecule has 5 heteroatoms. The molecule has 1 aliphatic heterocycles. The van der Waals surface area contributed by atoms with Crippen molar-refractivity contribution in [3.8, 4) is 0 Å². The molecule has 1 aromatic heterocycles. The lowest BCUT2D eigenvalue weighted by Crippen LogP contribution is -2.31. The Kier molecular flexibility index (Phi) is 5.66. The SMILES string of the molecule is Cn1cc(C(=O)N2CCC(OCCCc3ccccc3)C2)ccc1=O. The average Bonchev–Trinajstić information content (AvgIpc) is 3.10. The Morgan fingerprint density at radius 2 is 2.00 bits per heavy atom. The number of pyridine rings is 1. The molecule has 1 fully saturated rings. The van der Waals surface area contributed by atoms with Gasteiger partial charge in [0.1, 0.15) is 0 Å². The van der Waals surface area contributed by atoms with Gasteiger partial charge in [0.25, 0.3) is 5.91 Å². The standard InChI is InChI=1S/C20H24N2O3/c1-21-14-17(9-10-19(21)23)20(24)22-12-11-18(15-22)25-13-5-8-16-6-3-2-4-7-16/h2-4,6-7,9-10,14,18H,5,8,11-13,15H2,1H3. The van der Waals surface area contributed by atoms with Gasteiger partial charge in [0.05, 0.1) is 11.7 Å². The van der Waals surface area contributed by atoms with Crippen LogP contribution in [0.25, 0.3) is 0 Å². The van der Waals surface area contributed by atoms with Gasteiger partial charge in [-0.1, -0.05) is 30.3 Å². The third-order valence-electron chi connectivity index (χ3n) is 4.57. The molecule has 0 spiro atoms. The summed E-state index contributed by atoms with van der Waals surface area (Å²) in [5.74, 6) is -0.0361. The molecule has 0 bridgehead atoms. The summed E-state index contributed by atoms with van der Waals surface area (Å²) in [6, 6.07) is 13.4. The summed E-state index contributed by atoms with van der Waals surface area (Å²) in [4.78, 5) is 25.8. The van der Waals surface area contributed by atoms with Gasteiger partial charge in [0, 0.05) is 39.0 Å². The average molecular weight is 340 g/mol. The van der Waals surface area contributed by atoms with Gasteiger partial charge < -0.3 is 14.2 Å². The van der Waals surface area contributed by atoms with Crippen LogP contribution >= 0.6 is 0 Å². The number of nitrogens with zero attached hydrogens (tertiary/aromatic N) is 2. The second kappa shape index (κ2) is 8.12. The second-order valence-corrected chi connectivity index (χ2v) is 6.49. The van der Waals surface area contributed by atoms with E-state index in [4.69, 9.17) is 4.74 Å². The summed E-state index contributed by atoms with van der Waals surface area (Å²) >= 11 is 0. The van der Waals surface area contributed by atoms with Crippen LogP contribution in [0.2, 0.25) is 0 Å². The van der Waals surface area contributed by atoms with Gasteiger partial charge >= 0.3 is 0 Å². The lowest BCUT2D eigenvalue weighted by Gasteiger charge is -2.17. The third kappa shape index (κ3) is 4.57. The summed E-state index contributed by atoms with van der Waals surface area (Å²) in [6.45, 7) is 2.03. The van der Waals surface area contributed by atoms with E-state index in [1.807, 2.05) is 11.0 Å². The maximum atomic E-state index is 12.5. The van der Waals surface area contributed by atoms with Crippen molar-refractivity contribution < 1.29 is 9.53 Å². The summed E-state index contributed by atoms with van der Waals surface area (Å²) in [6.07, 6.45) is 4.55. The molecule has 0 saturated carbocycles. The van der Waals surface area contributed by atoms with Gasteiger partial charge in [-0.2, -0.15) is 0 Å². The number of hydrogen-bond acceptors (Lipinski definition) is 3. The van der Waals surface area contributed by atoms with E-state index in [2.05, 4.69) is 24.3 Å². The van der Waals surface area contributed by atoms with Crippen LogP contribution < -0.4 is 5.56 Å². The monoisotopic (exact) mass is 340 g/mol. The molecule has 132 valence electrons. The quantitative estimate of drug-likeness (QED) is 0.758. The molecule has 3 rings (SSSR count). The fourth-order valence-corrected chi connectivity index (χ4v) is 3.12. The number of carbonyl (C=O) groups is 1. The van der Waals surface area contributed by atoms with Crippen molar-refractivity contribution in [2.75, 3.05) is 19.7 Å². The molecular weight excluding hydrogens is 316 g/mol. The van der Waals surface area contributed by atoms with Gasteiger partial charge in [-0.05, 0) is 30.9 Å². The molecule has 25 heavy (non-hydrogen) atoms. The topological polar surface area (TPSA) is 51.5 Å². The smallest absolute Gasteiger partial charge is 0.255 e. The van der Waals surface area contributed by atoms with Crippen LogP contribution in [-0.4, -0.2) is 41.2 Å². The van der Waals surface area contributed by atoms with Gasteiger partial charge in [-0.25, -0.2) is 0 Å². The van der Waals surface area contributed by atoms with Crippen LogP contribution in [0.3, 0.4) is 0 Å². The Morgan fingerprint density at radius 3 is 2.76 bits per heavy atom. The Balaban J connectivity index is 1.44. The van der Waals surface area contributed by atoms with Crippen molar-refractivity contribution in [2.24, 2.45) is 7.05 Å². The van der Waals surface area contributed by atoms with Crippen LogP contribution in [0.1, 0.15) is 28.8 Å². The first-order chi connectivity index (χ1) is 12.1. The number of benzene rings is 1. The number of rotatable bonds is 6. The van der Waals surface area contributed by atoms with Crippen LogP contribution in [-0.2, 0) is 18.2 Å². The van der Waals surface area contributed by atoms with Gasteiger partial charge in [0.15, 0.2) is 0 Å². The van der Waals surface area contributed by atoms with Crippen LogP contribution in [0.15, 0.2) is 53.5 Å². The van der Waals surface area contributed by atoms with Crippen molar-refractivity contribution in [1.29, 1.82) is 0 Å². The number of aromatic nitrogens is 1. The molecule has 2 aromatic rings. The first-order valence-electron chi connectivity index (χ1n) is 8.75. The molecule has 1 saturated heterocycles. The fourth-order valence-electron chi connectivity index (χ4n) is 3.12. The summed E-state index contributed by atoms with van der Waals surface area (Å²) in [5.41, 5.74) is 1.76. The van der Waals surface area contributed by atoms with Gasteiger partial charge in [-0.15, -0.1) is 0 Å². The molecule has 2 heterocycles. The van der Waals surface area contributed by atoms with Crippen LogP contribution in [0.4, 0.5) is 0 Å². The van der Waals surface area contributed by atoms with Crippen molar-refractivity contribution in [3.05, 3.63) is 70.1 Å². The number of carbonyl (C=O) groups excluding carboxylic acids is 1. The molecule has 0 N–H and O–H groups in total. The largest absolute Gasteiger partial charge is 0.376 e. The van der Waals surface area contributed by atoms with Crippen molar-refractivity contribution in [2.45, 2.75) is 25.4 Å². The maximum Gasteiger partial charge on any atom is 0.255 e. The highest BCUT2D eigenvalue weighted by Crippen LogP contribution is 2.16. The van der Waals surface area contributed by atoms with Gasteiger partial charge in [-0.3, -0.25) is 9.59 Å². The van der Waals surface area contributed by atoms with E-state index in [-0.39, 0.29) is 17.6 Å². The van der Waals surface area contributed by atoms with E-state index in [9.17, 15) is 9.59 Å².